The zero-order valence-electron chi connectivity index (χ0n) is 10.7. The second kappa shape index (κ2) is 5.46. The summed E-state index contributed by atoms with van der Waals surface area (Å²) in [6, 6.07) is -0.570. The molecule has 1 fully saturated rings. The van der Waals surface area contributed by atoms with E-state index in [1.54, 1.807) is 0 Å². The second-order valence-electron chi connectivity index (χ2n) is 5.11. The highest BCUT2D eigenvalue weighted by atomic mass is 16.5. The van der Waals surface area contributed by atoms with Crippen molar-refractivity contribution in [2.24, 2.45) is 5.73 Å². The van der Waals surface area contributed by atoms with E-state index in [9.17, 15) is 9.59 Å². The van der Waals surface area contributed by atoms with Gasteiger partial charge in [0.2, 0.25) is 11.8 Å². The third-order valence-corrected chi connectivity index (χ3v) is 2.52. The lowest BCUT2D eigenvalue weighted by atomic mass is 10.1. The molecule has 0 aromatic heterocycles. The first-order chi connectivity index (χ1) is 7.81. The van der Waals surface area contributed by atoms with Crippen LogP contribution in [-0.2, 0) is 14.3 Å². The van der Waals surface area contributed by atoms with Crippen LogP contribution in [0.15, 0.2) is 0 Å². The number of ether oxygens (including phenoxy) is 1. The minimum atomic E-state index is -0.570. The number of amides is 2. The maximum atomic E-state index is 11.9. The number of hydrogen-bond acceptors (Lipinski definition) is 4. The van der Waals surface area contributed by atoms with Crippen LogP contribution < -0.4 is 11.1 Å². The zero-order valence-corrected chi connectivity index (χ0v) is 10.7. The molecule has 0 aromatic carbocycles. The number of carbonyl (C=O) groups is 2. The van der Waals surface area contributed by atoms with E-state index in [2.05, 4.69) is 5.32 Å². The Kier molecular flexibility index (Phi) is 4.47. The van der Waals surface area contributed by atoms with Gasteiger partial charge in [-0.25, -0.2) is 0 Å². The lowest BCUT2D eigenvalue weighted by Gasteiger charge is -2.34. The predicted octanol–water partition coefficient (Wildman–Crippen LogP) is -0.913. The van der Waals surface area contributed by atoms with Crippen LogP contribution in [0.3, 0.4) is 0 Å². The monoisotopic (exact) mass is 243 g/mol. The highest BCUT2D eigenvalue weighted by molar-refractivity contribution is 5.87. The second-order valence-corrected chi connectivity index (χ2v) is 5.11. The van der Waals surface area contributed by atoms with Gasteiger partial charge in [0, 0.05) is 19.6 Å². The Balaban J connectivity index is 2.56. The van der Waals surface area contributed by atoms with Gasteiger partial charge in [-0.3, -0.25) is 9.59 Å². The fraction of sp³-hybridized carbons (Fsp3) is 0.818. The Hall–Kier alpha value is -1.14. The Morgan fingerprint density at radius 2 is 2.12 bits per heavy atom. The number of hydrogen-bond donors (Lipinski definition) is 2. The molecule has 17 heavy (non-hydrogen) atoms. The summed E-state index contributed by atoms with van der Waals surface area (Å²) in [6.45, 7) is 7.19. The first-order valence-electron chi connectivity index (χ1n) is 5.75. The van der Waals surface area contributed by atoms with E-state index >= 15 is 0 Å². The smallest absolute Gasteiger partial charge is 0.249 e. The summed E-state index contributed by atoms with van der Waals surface area (Å²) in [5.74, 6) is -0.675. The van der Waals surface area contributed by atoms with Gasteiger partial charge in [0.15, 0.2) is 0 Å². The van der Waals surface area contributed by atoms with Crippen LogP contribution in [0.5, 0.6) is 0 Å². The van der Waals surface area contributed by atoms with Crippen LogP contribution in [0.1, 0.15) is 20.8 Å². The molecule has 0 bridgehead atoms. The molecule has 98 valence electrons. The molecule has 1 unspecified atom stereocenters. The van der Waals surface area contributed by atoms with E-state index in [0.29, 0.717) is 19.6 Å². The highest BCUT2D eigenvalue weighted by Gasteiger charge is 2.30. The van der Waals surface area contributed by atoms with Gasteiger partial charge >= 0.3 is 0 Å². The van der Waals surface area contributed by atoms with Gasteiger partial charge in [-0.2, -0.15) is 0 Å². The molecule has 1 rings (SSSR count). The third kappa shape index (κ3) is 4.32. The minimum absolute atomic E-state index is 0.0206. The Morgan fingerprint density at radius 3 is 2.65 bits per heavy atom. The number of primary amides is 1. The fourth-order valence-corrected chi connectivity index (χ4v) is 1.62. The normalized spacial score (nSPS) is 21.4. The average Bonchev–Trinajstić information content (AvgIpc) is 2.25. The Labute approximate surface area is 101 Å². The van der Waals surface area contributed by atoms with Gasteiger partial charge in [-0.05, 0) is 20.8 Å². The molecule has 1 saturated heterocycles. The SMILES string of the molecule is CC(C)(C)OCC(=O)N1CCNCC1C(N)=O. The van der Waals surface area contributed by atoms with E-state index in [-0.39, 0.29) is 18.1 Å². The summed E-state index contributed by atoms with van der Waals surface area (Å²) in [5.41, 5.74) is 4.89. The van der Waals surface area contributed by atoms with Crippen LogP contribution in [-0.4, -0.2) is 54.6 Å². The third-order valence-electron chi connectivity index (χ3n) is 2.52. The number of nitrogens with one attached hydrogen (secondary N) is 1. The standard InChI is InChI=1S/C11H21N3O3/c1-11(2,3)17-7-9(15)14-5-4-13-6-8(14)10(12)16/h8,13H,4-7H2,1-3H3,(H2,12,16). The summed E-state index contributed by atoms with van der Waals surface area (Å²) in [6.07, 6.45) is 0. The first-order valence-corrected chi connectivity index (χ1v) is 5.75. The van der Waals surface area contributed by atoms with Crippen molar-refractivity contribution >= 4 is 11.8 Å². The van der Waals surface area contributed by atoms with E-state index in [1.807, 2.05) is 20.8 Å². The lowest BCUT2D eigenvalue weighted by molar-refractivity contribution is -0.147. The summed E-state index contributed by atoms with van der Waals surface area (Å²) >= 11 is 0. The molecule has 6 nitrogen and oxygen atoms in total. The molecule has 1 heterocycles. The van der Waals surface area contributed by atoms with E-state index in [1.165, 1.54) is 4.90 Å². The van der Waals surface area contributed by atoms with E-state index < -0.39 is 11.9 Å². The van der Waals surface area contributed by atoms with Crippen molar-refractivity contribution in [1.29, 1.82) is 0 Å². The summed E-state index contributed by atoms with van der Waals surface area (Å²) in [4.78, 5) is 24.6. The predicted molar refractivity (Wildman–Crippen MR) is 63.3 cm³/mol. The molecule has 6 heteroatoms. The summed E-state index contributed by atoms with van der Waals surface area (Å²) < 4.78 is 5.41. The average molecular weight is 243 g/mol. The Morgan fingerprint density at radius 1 is 1.47 bits per heavy atom. The van der Waals surface area contributed by atoms with Gasteiger partial charge in [-0.1, -0.05) is 0 Å². The number of nitrogens with two attached hydrogens (primary N) is 1. The largest absolute Gasteiger partial charge is 0.368 e. The van der Waals surface area contributed by atoms with Gasteiger partial charge in [0.25, 0.3) is 0 Å². The highest BCUT2D eigenvalue weighted by Crippen LogP contribution is 2.09. The molecule has 1 aliphatic heterocycles. The van der Waals surface area contributed by atoms with E-state index in [4.69, 9.17) is 10.5 Å². The van der Waals surface area contributed by atoms with Crippen LogP contribution in [0.4, 0.5) is 0 Å². The van der Waals surface area contributed by atoms with Crippen molar-refractivity contribution < 1.29 is 14.3 Å². The summed E-state index contributed by atoms with van der Waals surface area (Å²) in [5, 5.41) is 3.04. The minimum Gasteiger partial charge on any atom is -0.368 e. The topological polar surface area (TPSA) is 84.7 Å². The molecule has 0 aromatic rings. The zero-order chi connectivity index (χ0) is 13.1. The number of nitrogens with zero attached hydrogens (tertiary/aromatic N) is 1. The van der Waals surface area contributed by atoms with Crippen molar-refractivity contribution in [2.45, 2.75) is 32.4 Å². The van der Waals surface area contributed by atoms with Crippen molar-refractivity contribution in [1.82, 2.24) is 10.2 Å². The molecule has 0 saturated carbocycles. The van der Waals surface area contributed by atoms with Gasteiger partial charge in [0.1, 0.15) is 12.6 Å². The lowest BCUT2D eigenvalue weighted by Crippen LogP contribution is -2.59. The molecule has 1 atom stereocenters. The number of piperazine rings is 1. The quantitative estimate of drug-likeness (QED) is 0.672. The molecule has 0 radical (unpaired) electrons. The fourth-order valence-electron chi connectivity index (χ4n) is 1.62. The molecule has 0 spiro atoms. The van der Waals surface area contributed by atoms with Gasteiger partial charge < -0.3 is 20.7 Å². The molecular weight excluding hydrogens is 222 g/mol. The van der Waals surface area contributed by atoms with Crippen molar-refractivity contribution in [3.05, 3.63) is 0 Å². The van der Waals surface area contributed by atoms with Crippen LogP contribution in [0, 0.1) is 0 Å². The Bertz CT molecular complexity index is 299. The first kappa shape index (κ1) is 13.9. The van der Waals surface area contributed by atoms with Crippen molar-refractivity contribution in [2.75, 3.05) is 26.2 Å². The van der Waals surface area contributed by atoms with Crippen LogP contribution in [0.25, 0.3) is 0 Å². The summed E-state index contributed by atoms with van der Waals surface area (Å²) in [7, 11) is 0. The molecule has 3 N–H and O–H groups in total. The number of rotatable bonds is 3. The van der Waals surface area contributed by atoms with Crippen LogP contribution >= 0.6 is 0 Å². The molecule has 0 aliphatic carbocycles. The van der Waals surface area contributed by atoms with Gasteiger partial charge in [0.05, 0.1) is 5.60 Å². The van der Waals surface area contributed by atoms with Gasteiger partial charge in [-0.15, -0.1) is 0 Å². The van der Waals surface area contributed by atoms with Crippen LogP contribution in [0.2, 0.25) is 0 Å². The molecule has 2 amide bonds. The van der Waals surface area contributed by atoms with E-state index in [0.717, 1.165) is 0 Å². The van der Waals surface area contributed by atoms with Crippen molar-refractivity contribution in [3.63, 3.8) is 0 Å². The van der Waals surface area contributed by atoms with Crippen molar-refractivity contribution in [3.8, 4) is 0 Å². The maximum Gasteiger partial charge on any atom is 0.249 e. The molecule has 1 aliphatic rings. The maximum absolute atomic E-state index is 11.9. The molecular formula is C11H21N3O3. The number of carbonyl (C=O) groups excluding carboxylic acids is 2.